The fraction of sp³-hybridized carbons (Fsp3) is 0.571. The van der Waals surface area contributed by atoms with Crippen LogP contribution in [-0.2, 0) is 15.1 Å². The minimum Gasteiger partial charge on any atom is -0.486 e. The second-order valence-corrected chi connectivity index (χ2v) is 8.10. The van der Waals surface area contributed by atoms with Gasteiger partial charge in [-0.2, -0.15) is 0 Å². The molecule has 1 atom stereocenters. The Morgan fingerprint density at radius 3 is 2.59 bits per heavy atom. The first-order chi connectivity index (χ1) is 13.9. The van der Waals surface area contributed by atoms with E-state index >= 15 is 0 Å². The highest BCUT2D eigenvalue weighted by atomic mass is 16.6. The Labute approximate surface area is 170 Å². The van der Waals surface area contributed by atoms with Crippen molar-refractivity contribution >= 4 is 17.8 Å². The number of urea groups is 1. The van der Waals surface area contributed by atoms with Gasteiger partial charge in [-0.3, -0.25) is 14.5 Å². The number of nitrogens with zero attached hydrogens (tertiary/aromatic N) is 2. The first kappa shape index (κ1) is 19.5. The summed E-state index contributed by atoms with van der Waals surface area (Å²) >= 11 is 0. The van der Waals surface area contributed by atoms with Crippen LogP contribution < -0.4 is 14.8 Å². The Bertz CT molecular complexity index is 836. The van der Waals surface area contributed by atoms with E-state index < -0.39 is 17.5 Å². The molecule has 0 bridgehead atoms. The van der Waals surface area contributed by atoms with Crippen LogP contribution in [0.3, 0.4) is 0 Å². The predicted molar refractivity (Wildman–Crippen MR) is 105 cm³/mol. The van der Waals surface area contributed by atoms with Gasteiger partial charge in [0.05, 0.1) is 0 Å². The third kappa shape index (κ3) is 3.52. The quantitative estimate of drug-likeness (QED) is 0.780. The van der Waals surface area contributed by atoms with Gasteiger partial charge in [-0.05, 0) is 37.5 Å². The highest BCUT2D eigenvalue weighted by Crippen LogP contribution is 2.37. The number of carbonyl (C=O) groups excluding carboxylic acids is 3. The highest BCUT2D eigenvalue weighted by Gasteiger charge is 2.50. The Morgan fingerprint density at radius 2 is 1.86 bits per heavy atom. The molecule has 1 unspecified atom stereocenters. The number of hydrogen-bond donors (Lipinski definition) is 1. The normalized spacial score (nSPS) is 24.4. The topological polar surface area (TPSA) is 88.2 Å². The average Bonchev–Trinajstić information content (AvgIpc) is 2.97. The molecule has 156 valence electrons. The van der Waals surface area contributed by atoms with Gasteiger partial charge in [0.15, 0.2) is 11.5 Å². The summed E-state index contributed by atoms with van der Waals surface area (Å²) < 4.78 is 11.1. The largest absolute Gasteiger partial charge is 0.486 e. The van der Waals surface area contributed by atoms with E-state index in [9.17, 15) is 14.4 Å². The van der Waals surface area contributed by atoms with Gasteiger partial charge in [0.25, 0.3) is 5.91 Å². The summed E-state index contributed by atoms with van der Waals surface area (Å²) in [4.78, 5) is 41.2. The molecule has 2 aliphatic heterocycles. The van der Waals surface area contributed by atoms with Crippen molar-refractivity contribution in [3.63, 3.8) is 0 Å². The molecule has 1 N–H and O–H groups in total. The Hall–Kier alpha value is -2.77. The molecule has 29 heavy (non-hydrogen) atoms. The third-order valence-corrected chi connectivity index (χ3v) is 6.20. The molecule has 4 rings (SSSR count). The maximum Gasteiger partial charge on any atom is 0.325 e. The van der Waals surface area contributed by atoms with Gasteiger partial charge in [-0.25, -0.2) is 4.79 Å². The number of carbonyl (C=O) groups is 3. The Kier molecular flexibility index (Phi) is 5.10. The van der Waals surface area contributed by atoms with E-state index in [-0.39, 0.29) is 18.5 Å². The minimum absolute atomic E-state index is 0.182. The van der Waals surface area contributed by atoms with Crippen LogP contribution in [0.25, 0.3) is 0 Å². The Morgan fingerprint density at radius 1 is 1.17 bits per heavy atom. The Balaban J connectivity index is 1.50. The monoisotopic (exact) mass is 401 g/mol. The summed E-state index contributed by atoms with van der Waals surface area (Å²) in [5.74, 6) is 0.501. The number of rotatable bonds is 4. The molecule has 1 aliphatic carbocycles. The SMILES string of the molecule is CN(C(=O)CN1C(=O)NC(C)(c2ccc3c(c2)OCCO3)C1=O)C1CCCCC1. The van der Waals surface area contributed by atoms with Gasteiger partial charge in [0.1, 0.15) is 25.3 Å². The lowest BCUT2D eigenvalue weighted by Gasteiger charge is -2.32. The van der Waals surface area contributed by atoms with Crippen molar-refractivity contribution in [2.24, 2.45) is 0 Å². The second-order valence-electron chi connectivity index (χ2n) is 8.10. The average molecular weight is 401 g/mol. The molecule has 2 fully saturated rings. The fourth-order valence-electron chi connectivity index (χ4n) is 4.31. The van der Waals surface area contributed by atoms with Crippen LogP contribution in [0.15, 0.2) is 18.2 Å². The molecule has 8 heteroatoms. The van der Waals surface area contributed by atoms with Crippen molar-refractivity contribution in [3.05, 3.63) is 23.8 Å². The maximum absolute atomic E-state index is 13.1. The van der Waals surface area contributed by atoms with Gasteiger partial charge in [0, 0.05) is 13.1 Å². The highest BCUT2D eigenvalue weighted by molar-refractivity contribution is 6.09. The molecular formula is C21H27N3O5. The number of fused-ring (bicyclic) bond motifs is 1. The molecule has 1 aromatic carbocycles. The van der Waals surface area contributed by atoms with Gasteiger partial charge in [0.2, 0.25) is 5.91 Å². The first-order valence-corrected chi connectivity index (χ1v) is 10.2. The van der Waals surface area contributed by atoms with Crippen LogP contribution >= 0.6 is 0 Å². The molecule has 3 aliphatic rings. The van der Waals surface area contributed by atoms with E-state index in [4.69, 9.17) is 9.47 Å². The maximum atomic E-state index is 13.1. The fourth-order valence-corrected chi connectivity index (χ4v) is 4.31. The lowest BCUT2D eigenvalue weighted by Crippen LogP contribution is -2.46. The molecule has 1 saturated heterocycles. The number of imide groups is 1. The molecule has 8 nitrogen and oxygen atoms in total. The number of likely N-dealkylation sites (N-methyl/N-ethyl adjacent to an activating group) is 1. The zero-order chi connectivity index (χ0) is 20.6. The number of amides is 4. The minimum atomic E-state index is -1.25. The molecule has 4 amide bonds. The van der Waals surface area contributed by atoms with Crippen LogP contribution in [0.2, 0.25) is 0 Å². The predicted octanol–water partition coefficient (Wildman–Crippen LogP) is 2.02. The molecular weight excluding hydrogens is 374 g/mol. The molecule has 1 saturated carbocycles. The van der Waals surface area contributed by atoms with E-state index in [1.54, 1.807) is 37.1 Å². The van der Waals surface area contributed by atoms with Crippen molar-refractivity contribution in [2.45, 2.75) is 50.6 Å². The van der Waals surface area contributed by atoms with Crippen LogP contribution in [0, 0.1) is 0 Å². The van der Waals surface area contributed by atoms with E-state index in [1.807, 2.05) is 0 Å². The zero-order valence-corrected chi connectivity index (χ0v) is 16.9. The molecule has 0 radical (unpaired) electrons. The van der Waals surface area contributed by atoms with Gasteiger partial charge in [-0.1, -0.05) is 25.3 Å². The smallest absolute Gasteiger partial charge is 0.325 e. The number of hydrogen-bond acceptors (Lipinski definition) is 5. The first-order valence-electron chi connectivity index (χ1n) is 10.2. The number of nitrogens with one attached hydrogen (secondary N) is 1. The van der Waals surface area contributed by atoms with Gasteiger partial charge >= 0.3 is 6.03 Å². The summed E-state index contributed by atoms with van der Waals surface area (Å²) in [5, 5.41) is 2.75. The molecule has 2 heterocycles. The van der Waals surface area contributed by atoms with Crippen LogP contribution in [-0.4, -0.2) is 60.5 Å². The van der Waals surface area contributed by atoms with Crippen LogP contribution in [0.4, 0.5) is 4.79 Å². The van der Waals surface area contributed by atoms with E-state index in [1.165, 1.54) is 6.42 Å². The summed E-state index contributed by atoms with van der Waals surface area (Å²) in [7, 11) is 1.76. The van der Waals surface area contributed by atoms with Crippen molar-refractivity contribution < 1.29 is 23.9 Å². The van der Waals surface area contributed by atoms with E-state index in [0.29, 0.717) is 30.3 Å². The lowest BCUT2D eigenvalue weighted by atomic mass is 9.91. The van der Waals surface area contributed by atoms with Crippen molar-refractivity contribution in [1.29, 1.82) is 0 Å². The van der Waals surface area contributed by atoms with Gasteiger partial charge < -0.3 is 19.7 Å². The summed E-state index contributed by atoms with van der Waals surface area (Å²) in [5.41, 5.74) is -0.660. The molecule has 0 spiro atoms. The van der Waals surface area contributed by atoms with E-state index in [0.717, 1.165) is 30.6 Å². The zero-order valence-electron chi connectivity index (χ0n) is 16.9. The van der Waals surface area contributed by atoms with E-state index in [2.05, 4.69) is 5.32 Å². The van der Waals surface area contributed by atoms with Crippen molar-refractivity contribution in [3.8, 4) is 11.5 Å². The summed E-state index contributed by atoms with van der Waals surface area (Å²) in [6.07, 6.45) is 5.34. The summed E-state index contributed by atoms with van der Waals surface area (Å²) in [6, 6.07) is 4.82. The van der Waals surface area contributed by atoms with Crippen LogP contribution in [0.1, 0.15) is 44.6 Å². The van der Waals surface area contributed by atoms with Crippen molar-refractivity contribution in [1.82, 2.24) is 15.1 Å². The molecule has 0 aromatic heterocycles. The van der Waals surface area contributed by atoms with Crippen molar-refractivity contribution in [2.75, 3.05) is 26.8 Å². The third-order valence-electron chi connectivity index (χ3n) is 6.20. The summed E-state index contributed by atoms with van der Waals surface area (Å²) in [6.45, 7) is 2.30. The lowest BCUT2D eigenvalue weighted by molar-refractivity contribution is -0.139. The van der Waals surface area contributed by atoms with Gasteiger partial charge in [-0.15, -0.1) is 0 Å². The number of benzene rings is 1. The second kappa shape index (κ2) is 7.57. The number of ether oxygens (including phenoxy) is 2. The standard InChI is InChI=1S/C21H27N3O5/c1-21(14-8-9-16-17(12-14)29-11-10-28-16)19(26)24(20(27)22-21)13-18(25)23(2)15-6-4-3-5-7-15/h8-9,12,15H,3-7,10-11,13H2,1-2H3,(H,22,27). The molecule has 1 aromatic rings. The van der Waals surface area contributed by atoms with Crippen LogP contribution in [0.5, 0.6) is 11.5 Å².